The van der Waals surface area contributed by atoms with E-state index in [-0.39, 0.29) is 36.5 Å². The summed E-state index contributed by atoms with van der Waals surface area (Å²) < 4.78 is 53.2. The summed E-state index contributed by atoms with van der Waals surface area (Å²) >= 11 is 0. The standard InChI is InChI=1S/C24H31F2N3O3S/c1-17(2)14-19-4-6-20(7-5-19)18(3)27-24(30)16-28-10-12-29(13-11-28)33(31,32)21-8-9-22(25)23(26)15-21/h4-9,15,17-18H,10-14,16H2,1-3H3,(H,27,30)/t18-/m1/s1. The molecule has 1 heterocycles. The van der Waals surface area contributed by atoms with E-state index in [1.54, 1.807) is 0 Å². The average molecular weight is 480 g/mol. The SMILES string of the molecule is CC(C)Cc1ccc([C@@H](C)NC(=O)CN2CCN(S(=O)(=O)c3ccc(F)c(F)c3)CC2)cc1. The fourth-order valence-corrected chi connectivity index (χ4v) is 5.34. The first-order valence-electron chi connectivity index (χ1n) is 11.1. The number of sulfonamides is 1. The first kappa shape index (κ1) is 25.3. The zero-order chi connectivity index (χ0) is 24.2. The molecule has 1 aliphatic heterocycles. The van der Waals surface area contributed by atoms with Gasteiger partial charge < -0.3 is 5.32 Å². The topological polar surface area (TPSA) is 69.7 Å². The van der Waals surface area contributed by atoms with Crippen molar-refractivity contribution in [2.45, 2.75) is 38.1 Å². The molecule has 3 rings (SSSR count). The highest BCUT2D eigenvalue weighted by Crippen LogP contribution is 2.20. The van der Waals surface area contributed by atoms with Crippen molar-refractivity contribution in [3.05, 3.63) is 65.2 Å². The molecule has 6 nitrogen and oxygen atoms in total. The van der Waals surface area contributed by atoms with Crippen LogP contribution < -0.4 is 5.32 Å². The molecule has 0 radical (unpaired) electrons. The maximum absolute atomic E-state index is 13.5. The molecule has 180 valence electrons. The number of nitrogens with one attached hydrogen (secondary N) is 1. The van der Waals surface area contributed by atoms with E-state index in [0.29, 0.717) is 25.1 Å². The van der Waals surface area contributed by atoms with Crippen LogP contribution in [-0.2, 0) is 21.2 Å². The molecule has 2 aromatic carbocycles. The van der Waals surface area contributed by atoms with Gasteiger partial charge in [-0.15, -0.1) is 0 Å². The number of benzene rings is 2. The highest BCUT2D eigenvalue weighted by atomic mass is 32.2. The summed E-state index contributed by atoms with van der Waals surface area (Å²) in [6, 6.07) is 10.7. The number of hydrogen-bond donors (Lipinski definition) is 1. The van der Waals surface area contributed by atoms with Gasteiger partial charge in [0.1, 0.15) is 0 Å². The lowest BCUT2D eigenvalue weighted by Gasteiger charge is -2.33. The summed E-state index contributed by atoms with van der Waals surface area (Å²) in [5.74, 6) is -1.84. The number of rotatable bonds is 8. The molecule has 0 unspecified atom stereocenters. The molecule has 1 fully saturated rings. The maximum atomic E-state index is 13.5. The lowest BCUT2D eigenvalue weighted by molar-refractivity contribution is -0.123. The minimum Gasteiger partial charge on any atom is -0.348 e. The van der Waals surface area contributed by atoms with E-state index >= 15 is 0 Å². The van der Waals surface area contributed by atoms with E-state index in [1.165, 1.54) is 9.87 Å². The van der Waals surface area contributed by atoms with Gasteiger partial charge in [0.2, 0.25) is 15.9 Å². The van der Waals surface area contributed by atoms with Gasteiger partial charge >= 0.3 is 0 Å². The van der Waals surface area contributed by atoms with Crippen molar-refractivity contribution in [1.29, 1.82) is 0 Å². The molecule has 1 saturated heterocycles. The van der Waals surface area contributed by atoms with Gasteiger partial charge in [-0.1, -0.05) is 38.1 Å². The lowest BCUT2D eigenvalue weighted by atomic mass is 10.00. The van der Waals surface area contributed by atoms with Crippen LogP contribution in [-0.4, -0.2) is 56.3 Å². The van der Waals surface area contributed by atoms with Crippen molar-refractivity contribution < 1.29 is 22.0 Å². The minimum atomic E-state index is -3.92. The fraction of sp³-hybridized carbons (Fsp3) is 0.458. The molecule has 1 aliphatic rings. The Balaban J connectivity index is 1.50. The van der Waals surface area contributed by atoms with E-state index in [4.69, 9.17) is 0 Å². The monoisotopic (exact) mass is 479 g/mol. The maximum Gasteiger partial charge on any atom is 0.243 e. The molecule has 1 amide bonds. The number of piperazine rings is 1. The fourth-order valence-electron chi connectivity index (χ4n) is 3.90. The van der Waals surface area contributed by atoms with Gasteiger partial charge in [-0.25, -0.2) is 17.2 Å². The van der Waals surface area contributed by atoms with Crippen LogP contribution in [0.2, 0.25) is 0 Å². The zero-order valence-corrected chi connectivity index (χ0v) is 20.0. The molecular weight excluding hydrogens is 448 g/mol. The number of carbonyl (C=O) groups is 1. The van der Waals surface area contributed by atoms with E-state index < -0.39 is 21.7 Å². The average Bonchev–Trinajstić information content (AvgIpc) is 2.76. The highest BCUT2D eigenvalue weighted by molar-refractivity contribution is 7.89. The molecule has 0 saturated carbocycles. The van der Waals surface area contributed by atoms with Crippen molar-refractivity contribution in [3.8, 4) is 0 Å². The van der Waals surface area contributed by atoms with Gasteiger partial charge in [0.15, 0.2) is 11.6 Å². The lowest BCUT2D eigenvalue weighted by Crippen LogP contribution is -2.51. The summed E-state index contributed by atoms with van der Waals surface area (Å²) in [5.41, 5.74) is 2.29. The molecule has 1 atom stereocenters. The van der Waals surface area contributed by atoms with Crippen LogP contribution in [0.1, 0.15) is 37.9 Å². The predicted octanol–water partition coefficient (Wildman–Crippen LogP) is 3.35. The number of amides is 1. The van der Waals surface area contributed by atoms with Gasteiger partial charge in [0.25, 0.3) is 0 Å². The third-order valence-corrected chi connectivity index (χ3v) is 7.62. The van der Waals surface area contributed by atoms with Gasteiger partial charge in [-0.2, -0.15) is 4.31 Å². The zero-order valence-electron chi connectivity index (χ0n) is 19.2. The molecule has 2 aromatic rings. The quantitative estimate of drug-likeness (QED) is 0.631. The van der Waals surface area contributed by atoms with Crippen LogP contribution in [0.3, 0.4) is 0 Å². The van der Waals surface area contributed by atoms with Crippen molar-refractivity contribution >= 4 is 15.9 Å². The molecule has 0 aromatic heterocycles. The van der Waals surface area contributed by atoms with Crippen LogP contribution in [0.4, 0.5) is 8.78 Å². The summed E-state index contributed by atoms with van der Waals surface area (Å²) in [6.07, 6.45) is 1.01. The van der Waals surface area contributed by atoms with Crippen LogP contribution in [0.5, 0.6) is 0 Å². The molecule has 1 N–H and O–H groups in total. The molecule has 9 heteroatoms. The second kappa shape index (κ2) is 10.7. The van der Waals surface area contributed by atoms with Crippen molar-refractivity contribution in [1.82, 2.24) is 14.5 Å². The summed E-state index contributed by atoms with van der Waals surface area (Å²) in [7, 11) is -3.92. The number of nitrogens with zero attached hydrogens (tertiary/aromatic N) is 2. The molecular formula is C24H31F2N3O3S. The Kier molecular flexibility index (Phi) is 8.20. The Hall–Kier alpha value is -2.36. The summed E-state index contributed by atoms with van der Waals surface area (Å²) in [4.78, 5) is 14.1. The Bertz CT molecular complexity index is 1070. The third kappa shape index (κ3) is 6.59. The van der Waals surface area contributed by atoms with Gasteiger partial charge in [-0.3, -0.25) is 9.69 Å². The smallest absolute Gasteiger partial charge is 0.243 e. The normalized spacial score (nSPS) is 16.7. The Labute approximate surface area is 194 Å². The van der Waals surface area contributed by atoms with E-state index in [0.717, 1.165) is 24.1 Å². The van der Waals surface area contributed by atoms with E-state index in [1.807, 2.05) is 24.0 Å². The largest absolute Gasteiger partial charge is 0.348 e. The van der Waals surface area contributed by atoms with Crippen molar-refractivity contribution in [2.75, 3.05) is 32.7 Å². The Morgan fingerprint density at radius 3 is 2.18 bits per heavy atom. The van der Waals surface area contributed by atoms with Gasteiger partial charge in [0.05, 0.1) is 17.5 Å². The number of halogens is 2. The first-order chi connectivity index (χ1) is 15.6. The molecule has 0 aliphatic carbocycles. The first-order valence-corrected chi connectivity index (χ1v) is 12.6. The highest BCUT2D eigenvalue weighted by Gasteiger charge is 2.29. The van der Waals surface area contributed by atoms with Crippen molar-refractivity contribution in [2.24, 2.45) is 5.92 Å². The molecule has 0 spiro atoms. The van der Waals surface area contributed by atoms with Crippen LogP contribution >= 0.6 is 0 Å². The van der Waals surface area contributed by atoms with E-state index in [2.05, 4.69) is 31.3 Å². The number of carbonyl (C=O) groups excluding carboxylic acids is 1. The third-order valence-electron chi connectivity index (χ3n) is 5.73. The van der Waals surface area contributed by atoms with Crippen LogP contribution in [0.15, 0.2) is 47.4 Å². The second-order valence-corrected chi connectivity index (χ2v) is 10.8. The van der Waals surface area contributed by atoms with Crippen molar-refractivity contribution in [3.63, 3.8) is 0 Å². The Morgan fingerprint density at radius 1 is 0.970 bits per heavy atom. The summed E-state index contributed by atoms with van der Waals surface area (Å²) in [5, 5.41) is 2.99. The predicted molar refractivity (Wildman–Crippen MR) is 123 cm³/mol. The molecule has 0 bridgehead atoms. The second-order valence-electron chi connectivity index (χ2n) is 8.88. The molecule has 33 heavy (non-hydrogen) atoms. The summed E-state index contributed by atoms with van der Waals surface area (Å²) in [6.45, 7) is 7.52. The number of hydrogen-bond acceptors (Lipinski definition) is 4. The Morgan fingerprint density at radius 2 is 1.61 bits per heavy atom. The van der Waals surface area contributed by atoms with E-state index in [9.17, 15) is 22.0 Å². The van der Waals surface area contributed by atoms with Gasteiger partial charge in [-0.05, 0) is 48.6 Å². The van der Waals surface area contributed by atoms with Crippen LogP contribution in [0.25, 0.3) is 0 Å². The minimum absolute atomic E-state index is 0.134. The van der Waals surface area contributed by atoms with Crippen LogP contribution in [0, 0.1) is 17.6 Å². The van der Waals surface area contributed by atoms with Gasteiger partial charge in [0, 0.05) is 26.2 Å².